The lowest BCUT2D eigenvalue weighted by atomic mass is 10.0. The minimum atomic E-state index is 0.181. The average molecular weight is 202 g/mol. The van der Waals surface area contributed by atoms with Crippen LogP contribution in [0.4, 0.5) is 0 Å². The lowest BCUT2D eigenvalue weighted by molar-refractivity contribution is 0.548. The van der Waals surface area contributed by atoms with E-state index < -0.39 is 0 Å². The molecule has 80 valence electrons. The highest BCUT2D eigenvalue weighted by atomic mass is 14.9. The van der Waals surface area contributed by atoms with Crippen LogP contribution >= 0.6 is 0 Å². The summed E-state index contributed by atoms with van der Waals surface area (Å²) < 4.78 is 0. The van der Waals surface area contributed by atoms with E-state index in [1.807, 2.05) is 13.1 Å². The molecule has 2 nitrogen and oxygen atoms in total. The molecule has 2 heteroatoms. The van der Waals surface area contributed by atoms with Gasteiger partial charge in [0.2, 0.25) is 0 Å². The summed E-state index contributed by atoms with van der Waals surface area (Å²) in [6, 6.07) is 2.32. The van der Waals surface area contributed by atoms with E-state index in [0.717, 1.165) is 12.2 Å². The largest absolute Gasteiger partial charge is 0.308 e. The van der Waals surface area contributed by atoms with Crippen molar-refractivity contribution >= 4 is 0 Å². The lowest BCUT2D eigenvalue weighted by Crippen LogP contribution is -2.22. The topological polar surface area (TPSA) is 24.9 Å². The first-order valence-corrected chi connectivity index (χ1v) is 5.29. The van der Waals surface area contributed by atoms with Gasteiger partial charge < -0.3 is 5.32 Å². The van der Waals surface area contributed by atoms with E-state index in [0.29, 0.717) is 6.42 Å². The monoisotopic (exact) mass is 202 g/mol. The van der Waals surface area contributed by atoms with Crippen molar-refractivity contribution < 1.29 is 0 Å². The first-order chi connectivity index (χ1) is 7.19. The van der Waals surface area contributed by atoms with Gasteiger partial charge in [-0.15, -0.1) is 12.3 Å². The fourth-order valence-electron chi connectivity index (χ4n) is 1.72. The third kappa shape index (κ3) is 3.07. The Labute approximate surface area is 92.1 Å². The number of terminal acetylenes is 1. The smallest absolute Gasteiger partial charge is 0.0612 e. The number of hydrogen-bond donors (Lipinski definition) is 1. The summed E-state index contributed by atoms with van der Waals surface area (Å²) in [7, 11) is 0. The van der Waals surface area contributed by atoms with Gasteiger partial charge in [0.1, 0.15) is 0 Å². The van der Waals surface area contributed by atoms with Gasteiger partial charge in [0.25, 0.3) is 0 Å². The van der Waals surface area contributed by atoms with E-state index in [9.17, 15) is 0 Å². The maximum atomic E-state index is 5.36. The van der Waals surface area contributed by atoms with E-state index >= 15 is 0 Å². The van der Waals surface area contributed by atoms with Crippen LogP contribution in [0.15, 0.2) is 12.3 Å². The molecule has 0 aliphatic rings. The number of rotatable bonds is 4. The number of nitrogens with zero attached hydrogens (tertiary/aromatic N) is 1. The fourth-order valence-corrected chi connectivity index (χ4v) is 1.72. The number of aryl methyl sites for hydroxylation is 2. The summed E-state index contributed by atoms with van der Waals surface area (Å²) in [5, 5.41) is 3.36. The zero-order valence-corrected chi connectivity index (χ0v) is 9.67. The molecule has 1 aromatic heterocycles. The molecule has 0 saturated carbocycles. The fraction of sp³-hybridized carbons (Fsp3) is 0.462. The molecule has 0 saturated heterocycles. The molecule has 1 heterocycles. The molecule has 1 unspecified atom stereocenters. The normalized spacial score (nSPS) is 12.1. The number of pyridine rings is 1. The Balaban J connectivity index is 2.95. The van der Waals surface area contributed by atoms with Crippen LogP contribution < -0.4 is 5.32 Å². The molecule has 1 atom stereocenters. The van der Waals surface area contributed by atoms with Gasteiger partial charge in [0.15, 0.2) is 0 Å². The van der Waals surface area contributed by atoms with E-state index in [1.165, 1.54) is 11.1 Å². The molecular weight excluding hydrogens is 184 g/mol. The second-order valence-electron chi connectivity index (χ2n) is 3.73. The molecule has 0 fully saturated rings. The zero-order chi connectivity index (χ0) is 11.3. The second-order valence-corrected chi connectivity index (χ2v) is 3.73. The van der Waals surface area contributed by atoms with Crippen molar-refractivity contribution in [2.75, 3.05) is 6.54 Å². The van der Waals surface area contributed by atoms with Crippen molar-refractivity contribution in [3.63, 3.8) is 0 Å². The van der Waals surface area contributed by atoms with Crippen molar-refractivity contribution in [3.8, 4) is 12.3 Å². The summed E-state index contributed by atoms with van der Waals surface area (Å²) in [4.78, 5) is 4.46. The van der Waals surface area contributed by atoms with Crippen molar-refractivity contribution in [2.24, 2.45) is 0 Å². The Bertz CT molecular complexity index is 363. The van der Waals surface area contributed by atoms with Gasteiger partial charge in [-0.05, 0) is 31.5 Å². The van der Waals surface area contributed by atoms with Crippen LogP contribution in [-0.4, -0.2) is 11.5 Å². The molecule has 15 heavy (non-hydrogen) atoms. The molecule has 0 amide bonds. The molecule has 0 aliphatic carbocycles. The molecular formula is C13H18N2. The summed E-state index contributed by atoms with van der Waals surface area (Å²) >= 11 is 0. The molecule has 0 spiro atoms. The number of nitrogens with one attached hydrogen (secondary N) is 1. The predicted molar refractivity (Wildman–Crippen MR) is 63.6 cm³/mol. The third-order valence-corrected chi connectivity index (χ3v) is 2.36. The SMILES string of the molecule is C#CCC(NCC)c1ncc(C)cc1C. The van der Waals surface area contributed by atoms with Crippen LogP contribution in [0.5, 0.6) is 0 Å². The predicted octanol–water partition coefficient (Wildman–Crippen LogP) is 2.37. The minimum Gasteiger partial charge on any atom is -0.308 e. The lowest BCUT2D eigenvalue weighted by Gasteiger charge is -2.17. The molecule has 1 rings (SSSR count). The Hall–Kier alpha value is -1.33. The number of aromatic nitrogens is 1. The highest BCUT2D eigenvalue weighted by Crippen LogP contribution is 2.18. The van der Waals surface area contributed by atoms with Gasteiger partial charge >= 0.3 is 0 Å². The van der Waals surface area contributed by atoms with Gasteiger partial charge in [-0.2, -0.15) is 0 Å². The van der Waals surface area contributed by atoms with Gasteiger partial charge in [-0.3, -0.25) is 4.98 Å². The molecule has 0 aromatic carbocycles. The van der Waals surface area contributed by atoms with E-state index in [1.54, 1.807) is 0 Å². The Morgan fingerprint density at radius 2 is 2.27 bits per heavy atom. The molecule has 0 bridgehead atoms. The van der Waals surface area contributed by atoms with Crippen molar-refractivity contribution in [2.45, 2.75) is 33.2 Å². The van der Waals surface area contributed by atoms with E-state index in [2.05, 4.69) is 36.1 Å². The van der Waals surface area contributed by atoms with Crippen molar-refractivity contribution in [1.29, 1.82) is 0 Å². The highest BCUT2D eigenvalue weighted by molar-refractivity contribution is 5.26. The van der Waals surface area contributed by atoms with Crippen LogP contribution in [0.1, 0.15) is 36.2 Å². The van der Waals surface area contributed by atoms with Gasteiger partial charge in [0.05, 0.1) is 11.7 Å². The van der Waals surface area contributed by atoms with Gasteiger partial charge in [-0.1, -0.05) is 13.0 Å². The standard InChI is InChI=1S/C13H18N2/c1-5-7-12(14-6-2)13-11(4)8-10(3)9-15-13/h1,8-9,12,14H,6-7H2,2-4H3. The Morgan fingerprint density at radius 1 is 1.53 bits per heavy atom. The maximum Gasteiger partial charge on any atom is 0.0612 e. The van der Waals surface area contributed by atoms with E-state index in [4.69, 9.17) is 6.42 Å². The molecule has 1 aromatic rings. The zero-order valence-electron chi connectivity index (χ0n) is 9.67. The maximum absolute atomic E-state index is 5.36. The van der Waals surface area contributed by atoms with Crippen LogP contribution in [-0.2, 0) is 0 Å². The first-order valence-electron chi connectivity index (χ1n) is 5.29. The minimum absolute atomic E-state index is 0.181. The number of hydrogen-bond acceptors (Lipinski definition) is 2. The first kappa shape index (κ1) is 11.7. The third-order valence-electron chi connectivity index (χ3n) is 2.36. The summed E-state index contributed by atoms with van der Waals surface area (Å²) in [5.41, 5.74) is 3.46. The second kappa shape index (κ2) is 5.53. The van der Waals surface area contributed by atoms with Crippen LogP contribution in [0.25, 0.3) is 0 Å². The summed E-state index contributed by atoms with van der Waals surface area (Å²) in [6.07, 6.45) is 7.94. The molecule has 0 radical (unpaired) electrons. The molecule has 0 aliphatic heterocycles. The van der Waals surface area contributed by atoms with Crippen LogP contribution in [0.3, 0.4) is 0 Å². The van der Waals surface area contributed by atoms with Crippen molar-refractivity contribution in [1.82, 2.24) is 10.3 Å². The van der Waals surface area contributed by atoms with Crippen LogP contribution in [0.2, 0.25) is 0 Å². The van der Waals surface area contributed by atoms with Crippen LogP contribution in [0, 0.1) is 26.2 Å². The molecule has 1 N–H and O–H groups in total. The summed E-state index contributed by atoms with van der Waals surface area (Å²) in [6.45, 7) is 7.11. The van der Waals surface area contributed by atoms with Crippen molar-refractivity contribution in [3.05, 3.63) is 29.1 Å². The van der Waals surface area contributed by atoms with Gasteiger partial charge in [-0.25, -0.2) is 0 Å². The summed E-state index contributed by atoms with van der Waals surface area (Å²) in [5.74, 6) is 2.69. The van der Waals surface area contributed by atoms with Gasteiger partial charge in [0, 0.05) is 12.6 Å². The Kier molecular flexibility index (Phi) is 4.33. The average Bonchev–Trinajstić information content (AvgIpc) is 2.17. The van der Waals surface area contributed by atoms with E-state index in [-0.39, 0.29) is 6.04 Å². The Morgan fingerprint density at radius 3 is 2.80 bits per heavy atom. The highest BCUT2D eigenvalue weighted by Gasteiger charge is 2.12. The quantitative estimate of drug-likeness (QED) is 0.758.